The number of fused-ring (bicyclic) bond motifs is 5. The molecule has 0 aliphatic heterocycles. The monoisotopic (exact) mass is 460 g/mol. The first-order chi connectivity index (χ1) is 15.1. The summed E-state index contributed by atoms with van der Waals surface area (Å²) in [6.45, 7) is 18.3. The van der Waals surface area contributed by atoms with Crippen LogP contribution < -0.4 is 0 Å². The Labute approximate surface area is 203 Å². The van der Waals surface area contributed by atoms with Crippen molar-refractivity contribution in [2.45, 2.75) is 131 Å². The van der Waals surface area contributed by atoms with Crippen LogP contribution in [0.2, 0.25) is 0 Å². The molecule has 0 aromatic rings. The molecular weight excluding hydrogens is 408 g/mol. The third-order valence-corrected chi connectivity index (χ3v) is 12.4. The molecule has 33 heavy (non-hydrogen) atoms. The lowest BCUT2D eigenvalue weighted by molar-refractivity contribution is -0.246. The van der Waals surface area contributed by atoms with Crippen molar-refractivity contribution in [3.63, 3.8) is 0 Å². The van der Waals surface area contributed by atoms with Gasteiger partial charge in [0.2, 0.25) is 0 Å². The molecule has 4 rings (SSSR count). The molecule has 0 spiro atoms. The van der Waals surface area contributed by atoms with E-state index in [-0.39, 0.29) is 45.7 Å². The fourth-order valence-electron chi connectivity index (χ4n) is 10.3. The molecule has 4 fully saturated rings. The van der Waals surface area contributed by atoms with Crippen molar-refractivity contribution in [3.05, 3.63) is 11.6 Å². The molecule has 2 unspecified atom stereocenters. The van der Waals surface area contributed by atoms with Gasteiger partial charge in [0.15, 0.2) is 0 Å². The molecule has 3 nitrogen and oxygen atoms in total. The maximum atomic E-state index is 11.8. The molecule has 10 atom stereocenters. The maximum Gasteiger partial charge on any atom is 0.0654 e. The summed E-state index contributed by atoms with van der Waals surface area (Å²) in [6.07, 6.45) is 10.6. The van der Waals surface area contributed by atoms with Crippen molar-refractivity contribution in [1.29, 1.82) is 0 Å². The summed E-state index contributed by atoms with van der Waals surface area (Å²) < 4.78 is 0. The molecule has 0 radical (unpaired) electrons. The van der Waals surface area contributed by atoms with Gasteiger partial charge >= 0.3 is 0 Å². The van der Waals surface area contributed by atoms with Crippen LogP contribution in [0.5, 0.6) is 0 Å². The van der Waals surface area contributed by atoms with Gasteiger partial charge in [-0.15, -0.1) is 0 Å². The van der Waals surface area contributed by atoms with E-state index in [0.29, 0.717) is 11.8 Å². The van der Waals surface area contributed by atoms with Crippen molar-refractivity contribution in [2.24, 2.45) is 45.3 Å². The van der Waals surface area contributed by atoms with Crippen LogP contribution in [0.3, 0.4) is 0 Å². The third-order valence-electron chi connectivity index (χ3n) is 12.4. The fraction of sp³-hybridized carbons (Fsp3) is 0.933. The van der Waals surface area contributed by atoms with Crippen LogP contribution in [0.25, 0.3) is 0 Å². The lowest BCUT2D eigenvalue weighted by Crippen LogP contribution is -2.66. The van der Waals surface area contributed by atoms with Crippen molar-refractivity contribution in [1.82, 2.24) is 0 Å². The highest BCUT2D eigenvalue weighted by Crippen LogP contribution is 2.75. The van der Waals surface area contributed by atoms with Crippen molar-refractivity contribution in [2.75, 3.05) is 0 Å². The molecule has 0 aromatic heterocycles. The molecule has 0 heterocycles. The predicted octanol–water partition coefficient (Wildman–Crippen LogP) is 6.50. The van der Waals surface area contributed by atoms with E-state index in [9.17, 15) is 15.3 Å². The predicted molar refractivity (Wildman–Crippen MR) is 136 cm³/mol. The number of aliphatic hydroxyl groups excluding tert-OH is 2. The molecular formula is C30H52O3. The van der Waals surface area contributed by atoms with Crippen LogP contribution in [-0.4, -0.2) is 33.1 Å². The summed E-state index contributed by atoms with van der Waals surface area (Å²) in [5.41, 5.74) is 0.885. The van der Waals surface area contributed by atoms with Crippen molar-refractivity contribution < 1.29 is 15.3 Å². The largest absolute Gasteiger partial charge is 0.393 e. The summed E-state index contributed by atoms with van der Waals surface area (Å²) >= 11 is 0. The molecule has 0 saturated heterocycles. The normalized spacial score (nSPS) is 50.5. The summed E-state index contributed by atoms with van der Waals surface area (Å²) in [4.78, 5) is 0. The number of rotatable bonds is 4. The molecule has 0 aromatic carbocycles. The smallest absolute Gasteiger partial charge is 0.0654 e. The fourth-order valence-corrected chi connectivity index (χ4v) is 10.3. The molecule has 0 amide bonds. The van der Waals surface area contributed by atoms with Crippen molar-refractivity contribution >= 4 is 0 Å². The van der Waals surface area contributed by atoms with Crippen LogP contribution in [0.4, 0.5) is 0 Å². The topological polar surface area (TPSA) is 60.7 Å². The van der Waals surface area contributed by atoms with Crippen LogP contribution >= 0.6 is 0 Å². The summed E-state index contributed by atoms with van der Waals surface area (Å²) in [5.74, 6) is 1.31. The second-order valence-corrected chi connectivity index (χ2v) is 14.5. The van der Waals surface area contributed by atoms with E-state index >= 15 is 0 Å². The molecule has 3 N–H and O–H groups in total. The molecule has 4 aliphatic rings. The van der Waals surface area contributed by atoms with Gasteiger partial charge < -0.3 is 15.3 Å². The Morgan fingerprint density at radius 2 is 1.55 bits per heavy atom. The van der Waals surface area contributed by atoms with Gasteiger partial charge in [-0.3, -0.25) is 0 Å². The van der Waals surface area contributed by atoms with Crippen LogP contribution in [-0.2, 0) is 0 Å². The van der Waals surface area contributed by atoms with Crippen molar-refractivity contribution in [3.8, 4) is 0 Å². The number of allylic oxidation sites excluding steroid dienone is 2. The van der Waals surface area contributed by atoms with E-state index in [1.165, 1.54) is 18.4 Å². The Balaban J connectivity index is 1.66. The lowest BCUT2D eigenvalue weighted by atomic mass is 9.35. The Morgan fingerprint density at radius 3 is 2.18 bits per heavy atom. The highest BCUT2D eigenvalue weighted by atomic mass is 16.3. The van der Waals surface area contributed by atoms with Gasteiger partial charge in [-0.2, -0.15) is 0 Å². The highest BCUT2D eigenvalue weighted by Gasteiger charge is 2.71. The average Bonchev–Trinajstić information content (AvgIpc) is 3.08. The Kier molecular flexibility index (Phi) is 6.28. The van der Waals surface area contributed by atoms with Gasteiger partial charge in [0.1, 0.15) is 0 Å². The van der Waals surface area contributed by atoms with E-state index < -0.39 is 5.60 Å². The molecule has 4 saturated carbocycles. The van der Waals surface area contributed by atoms with Gasteiger partial charge in [0, 0.05) is 0 Å². The van der Waals surface area contributed by atoms with Gasteiger partial charge in [-0.25, -0.2) is 0 Å². The molecule has 0 bridgehead atoms. The molecule has 3 heteroatoms. The first kappa shape index (κ1) is 25.7. The van der Waals surface area contributed by atoms with Gasteiger partial charge in [-0.05, 0) is 124 Å². The maximum absolute atomic E-state index is 11.8. The first-order valence-corrected chi connectivity index (χ1v) is 13.8. The Morgan fingerprint density at radius 1 is 0.909 bits per heavy atom. The highest BCUT2D eigenvalue weighted by molar-refractivity contribution is 5.20. The van der Waals surface area contributed by atoms with E-state index in [0.717, 1.165) is 44.9 Å². The zero-order valence-corrected chi connectivity index (χ0v) is 22.7. The van der Waals surface area contributed by atoms with Crippen LogP contribution in [0, 0.1) is 45.3 Å². The van der Waals surface area contributed by atoms with E-state index in [1.54, 1.807) is 0 Å². The second kappa shape index (κ2) is 8.07. The SMILES string of the molecule is CC(C)=CCC[C@@](C)(O)[C@H]1CC[C@@]2(C)C1[C@@H](O)C[C@@H]1[C@@]3(C)CC[C@H](O)C(C)(C)C3CC[C@]12C. The second-order valence-electron chi connectivity index (χ2n) is 14.5. The van der Waals surface area contributed by atoms with Crippen LogP contribution in [0.15, 0.2) is 11.6 Å². The molecule has 190 valence electrons. The van der Waals surface area contributed by atoms with Gasteiger partial charge in [0.25, 0.3) is 0 Å². The Hall–Kier alpha value is -0.380. The minimum Gasteiger partial charge on any atom is -0.393 e. The van der Waals surface area contributed by atoms with E-state index in [2.05, 4.69) is 54.5 Å². The summed E-state index contributed by atoms with van der Waals surface area (Å²) in [5, 5.41) is 34.3. The minimum absolute atomic E-state index is 0.0503. The summed E-state index contributed by atoms with van der Waals surface area (Å²) in [7, 11) is 0. The first-order valence-electron chi connectivity index (χ1n) is 13.8. The van der Waals surface area contributed by atoms with E-state index in [4.69, 9.17) is 0 Å². The minimum atomic E-state index is -0.739. The number of aliphatic hydroxyl groups is 3. The quantitative estimate of drug-likeness (QED) is 0.420. The lowest BCUT2D eigenvalue weighted by Gasteiger charge is -2.70. The Bertz CT molecular complexity index is 779. The number of hydrogen-bond donors (Lipinski definition) is 3. The van der Waals surface area contributed by atoms with E-state index in [1.807, 2.05) is 6.92 Å². The standard InChI is InChI=1S/C30H52O3/c1-19(2)10-9-14-30(8,33)20-11-16-29(7)25(20)21(31)18-23-27(5)15-13-24(32)26(3,4)22(27)12-17-28(23,29)6/h10,20-25,31-33H,9,11-18H2,1-8H3/t20-,21-,22?,23+,24-,25?,27-,28+,29-,30+/m0/s1. The third kappa shape index (κ3) is 3.61. The van der Waals surface area contributed by atoms with Gasteiger partial charge in [-0.1, -0.05) is 46.3 Å². The average molecular weight is 461 g/mol. The number of hydrogen-bond acceptors (Lipinski definition) is 3. The zero-order valence-electron chi connectivity index (χ0n) is 22.7. The van der Waals surface area contributed by atoms with Gasteiger partial charge in [0.05, 0.1) is 17.8 Å². The summed E-state index contributed by atoms with van der Waals surface area (Å²) in [6, 6.07) is 0. The van der Waals surface area contributed by atoms with Crippen LogP contribution in [0.1, 0.15) is 113 Å². The molecule has 4 aliphatic carbocycles. The zero-order chi connectivity index (χ0) is 24.6.